The Morgan fingerprint density at radius 2 is 2.06 bits per heavy atom. The van der Waals surface area contributed by atoms with Gasteiger partial charge in [0.05, 0.1) is 10.6 Å². The molecule has 0 atom stereocenters. The van der Waals surface area contributed by atoms with Crippen LogP contribution in [0.1, 0.15) is 10.4 Å². The lowest BCUT2D eigenvalue weighted by Gasteiger charge is -2.26. The first kappa shape index (κ1) is 11.7. The van der Waals surface area contributed by atoms with Gasteiger partial charge in [-0.1, -0.05) is 11.6 Å². The standard InChI is InChI=1S/C11H11ClFNOS/c12-10-7-8(13)1-2-9(10)11(15)14-3-5-16-6-4-14/h1-2,7H,3-6H2. The fourth-order valence-electron chi connectivity index (χ4n) is 1.60. The van der Waals surface area contributed by atoms with Crippen LogP contribution >= 0.6 is 23.4 Å². The van der Waals surface area contributed by atoms with Crippen molar-refractivity contribution in [1.82, 2.24) is 4.90 Å². The topological polar surface area (TPSA) is 20.3 Å². The van der Waals surface area contributed by atoms with Crippen molar-refractivity contribution in [2.24, 2.45) is 0 Å². The van der Waals surface area contributed by atoms with Gasteiger partial charge in [-0.05, 0) is 18.2 Å². The van der Waals surface area contributed by atoms with Crippen LogP contribution in [0, 0.1) is 5.82 Å². The number of hydrogen-bond acceptors (Lipinski definition) is 2. The highest BCUT2D eigenvalue weighted by Gasteiger charge is 2.20. The van der Waals surface area contributed by atoms with Gasteiger partial charge < -0.3 is 4.90 Å². The van der Waals surface area contributed by atoms with Gasteiger partial charge in [0.1, 0.15) is 5.82 Å². The molecule has 0 aliphatic carbocycles. The summed E-state index contributed by atoms with van der Waals surface area (Å²) < 4.78 is 12.8. The number of thioether (sulfide) groups is 1. The number of carbonyl (C=O) groups excluding carboxylic acids is 1. The third kappa shape index (κ3) is 2.50. The van der Waals surface area contributed by atoms with Gasteiger partial charge in [0.25, 0.3) is 5.91 Å². The second-order valence-electron chi connectivity index (χ2n) is 3.53. The van der Waals surface area contributed by atoms with E-state index in [2.05, 4.69) is 0 Å². The maximum absolute atomic E-state index is 12.8. The van der Waals surface area contributed by atoms with Gasteiger partial charge in [-0.2, -0.15) is 11.8 Å². The molecule has 0 bridgehead atoms. The predicted octanol–water partition coefficient (Wildman–Crippen LogP) is 2.67. The molecule has 2 nitrogen and oxygen atoms in total. The van der Waals surface area contributed by atoms with Gasteiger partial charge in [0.15, 0.2) is 0 Å². The molecule has 1 heterocycles. The first-order chi connectivity index (χ1) is 7.68. The fourth-order valence-corrected chi connectivity index (χ4v) is 2.75. The van der Waals surface area contributed by atoms with E-state index in [1.807, 2.05) is 11.8 Å². The van der Waals surface area contributed by atoms with Crippen LogP contribution in [0.5, 0.6) is 0 Å². The molecule has 5 heteroatoms. The molecule has 0 N–H and O–H groups in total. The molecule has 16 heavy (non-hydrogen) atoms. The van der Waals surface area contributed by atoms with Crippen molar-refractivity contribution in [3.63, 3.8) is 0 Å². The molecule has 1 aromatic rings. The zero-order valence-electron chi connectivity index (χ0n) is 8.58. The first-order valence-corrected chi connectivity index (χ1v) is 6.54. The minimum absolute atomic E-state index is 0.106. The Bertz CT molecular complexity index is 407. The summed E-state index contributed by atoms with van der Waals surface area (Å²) in [5.74, 6) is 1.37. The monoisotopic (exact) mass is 259 g/mol. The molecule has 0 spiro atoms. The Hall–Kier alpha value is -0.740. The normalized spacial score (nSPS) is 16.2. The number of benzene rings is 1. The van der Waals surface area contributed by atoms with Gasteiger partial charge in [0.2, 0.25) is 0 Å². The molecule has 1 aliphatic heterocycles. The molecule has 86 valence electrons. The van der Waals surface area contributed by atoms with Crippen molar-refractivity contribution in [1.29, 1.82) is 0 Å². The smallest absolute Gasteiger partial charge is 0.255 e. The van der Waals surface area contributed by atoms with Gasteiger partial charge >= 0.3 is 0 Å². The van der Waals surface area contributed by atoms with Crippen LogP contribution in [-0.4, -0.2) is 35.4 Å². The quantitative estimate of drug-likeness (QED) is 0.773. The largest absolute Gasteiger partial charge is 0.337 e. The fraction of sp³-hybridized carbons (Fsp3) is 0.364. The molecular formula is C11H11ClFNOS. The van der Waals surface area contributed by atoms with E-state index in [-0.39, 0.29) is 10.9 Å². The summed E-state index contributed by atoms with van der Waals surface area (Å²) in [6.45, 7) is 1.47. The summed E-state index contributed by atoms with van der Waals surface area (Å²) >= 11 is 7.68. The van der Waals surface area contributed by atoms with Gasteiger partial charge in [-0.25, -0.2) is 4.39 Å². The van der Waals surface area contributed by atoms with E-state index >= 15 is 0 Å². The number of amides is 1. The SMILES string of the molecule is O=C(c1ccc(F)cc1Cl)N1CCSCC1. The molecule has 2 rings (SSSR count). The summed E-state index contributed by atoms with van der Waals surface area (Å²) in [5.41, 5.74) is 0.384. The predicted molar refractivity (Wildman–Crippen MR) is 64.6 cm³/mol. The van der Waals surface area contributed by atoms with E-state index in [0.29, 0.717) is 5.56 Å². The van der Waals surface area contributed by atoms with Crippen molar-refractivity contribution < 1.29 is 9.18 Å². The van der Waals surface area contributed by atoms with Crippen LogP contribution in [0.3, 0.4) is 0 Å². The van der Waals surface area contributed by atoms with Crippen LogP contribution in [0.15, 0.2) is 18.2 Å². The Morgan fingerprint density at radius 1 is 1.38 bits per heavy atom. The lowest BCUT2D eigenvalue weighted by atomic mass is 10.2. The molecule has 0 radical (unpaired) electrons. The van der Waals surface area contributed by atoms with Crippen molar-refractivity contribution in [3.8, 4) is 0 Å². The number of halogens is 2. The zero-order valence-corrected chi connectivity index (χ0v) is 10.2. The van der Waals surface area contributed by atoms with Crippen molar-refractivity contribution in [2.45, 2.75) is 0 Å². The highest BCUT2D eigenvalue weighted by Crippen LogP contribution is 2.20. The Labute approximate surface area is 103 Å². The molecule has 1 saturated heterocycles. The van der Waals surface area contributed by atoms with E-state index in [1.54, 1.807) is 4.90 Å². The molecular weight excluding hydrogens is 249 g/mol. The number of hydrogen-bond donors (Lipinski definition) is 0. The van der Waals surface area contributed by atoms with Crippen molar-refractivity contribution >= 4 is 29.3 Å². The van der Waals surface area contributed by atoms with Crippen molar-refractivity contribution in [2.75, 3.05) is 24.6 Å². The van der Waals surface area contributed by atoms with Crippen LogP contribution < -0.4 is 0 Å². The third-order valence-electron chi connectivity index (χ3n) is 2.46. The number of nitrogens with zero attached hydrogens (tertiary/aromatic N) is 1. The minimum Gasteiger partial charge on any atom is -0.337 e. The highest BCUT2D eigenvalue weighted by atomic mass is 35.5. The maximum Gasteiger partial charge on any atom is 0.255 e. The van der Waals surface area contributed by atoms with Crippen LogP contribution in [-0.2, 0) is 0 Å². The zero-order chi connectivity index (χ0) is 11.5. The summed E-state index contributed by atoms with van der Waals surface area (Å²) in [4.78, 5) is 13.8. The Morgan fingerprint density at radius 3 is 2.69 bits per heavy atom. The van der Waals surface area contributed by atoms with E-state index in [0.717, 1.165) is 24.6 Å². The lowest BCUT2D eigenvalue weighted by molar-refractivity contribution is 0.0772. The molecule has 1 fully saturated rings. The summed E-state index contributed by atoms with van der Waals surface area (Å²) in [6.07, 6.45) is 0. The molecule has 0 saturated carbocycles. The average molecular weight is 260 g/mol. The Balaban J connectivity index is 2.19. The molecule has 1 amide bonds. The van der Waals surface area contributed by atoms with E-state index in [9.17, 15) is 9.18 Å². The Kier molecular flexibility index (Phi) is 3.71. The van der Waals surface area contributed by atoms with E-state index in [1.165, 1.54) is 18.2 Å². The summed E-state index contributed by atoms with van der Waals surface area (Å²) in [7, 11) is 0. The third-order valence-corrected chi connectivity index (χ3v) is 3.72. The number of carbonyl (C=O) groups is 1. The van der Waals surface area contributed by atoms with Crippen LogP contribution in [0.4, 0.5) is 4.39 Å². The summed E-state index contributed by atoms with van der Waals surface area (Å²) in [6, 6.07) is 3.88. The highest BCUT2D eigenvalue weighted by molar-refractivity contribution is 7.99. The first-order valence-electron chi connectivity index (χ1n) is 5.00. The molecule has 0 unspecified atom stereocenters. The minimum atomic E-state index is -0.421. The molecule has 1 aromatic carbocycles. The maximum atomic E-state index is 12.8. The average Bonchev–Trinajstić information content (AvgIpc) is 2.29. The van der Waals surface area contributed by atoms with Crippen molar-refractivity contribution in [3.05, 3.63) is 34.6 Å². The second-order valence-corrected chi connectivity index (χ2v) is 5.16. The van der Waals surface area contributed by atoms with Crippen LogP contribution in [0.2, 0.25) is 5.02 Å². The lowest BCUT2D eigenvalue weighted by Crippen LogP contribution is -2.38. The number of rotatable bonds is 1. The summed E-state index contributed by atoms with van der Waals surface area (Å²) in [5, 5.41) is 0.184. The second kappa shape index (κ2) is 5.06. The van der Waals surface area contributed by atoms with E-state index < -0.39 is 5.82 Å². The molecule has 1 aliphatic rings. The van der Waals surface area contributed by atoms with Crippen LogP contribution in [0.25, 0.3) is 0 Å². The molecule has 0 aromatic heterocycles. The van der Waals surface area contributed by atoms with E-state index in [4.69, 9.17) is 11.6 Å². The van der Waals surface area contributed by atoms with Gasteiger partial charge in [-0.3, -0.25) is 4.79 Å². The van der Waals surface area contributed by atoms with Gasteiger partial charge in [0, 0.05) is 24.6 Å². The van der Waals surface area contributed by atoms with Gasteiger partial charge in [-0.15, -0.1) is 0 Å².